The molecule has 0 aromatic heterocycles. The van der Waals surface area contributed by atoms with Gasteiger partial charge < -0.3 is 15.5 Å². The lowest BCUT2D eigenvalue weighted by Gasteiger charge is -2.33. The number of piperidine rings is 1. The van der Waals surface area contributed by atoms with Gasteiger partial charge in [0.2, 0.25) is 5.91 Å². The summed E-state index contributed by atoms with van der Waals surface area (Å²) in [7, 11) is 4.08. The summed E-state index contributed by atoms with van der Waals surface area (Å²) >= 11 is 0. The maximum absolute atomic E-state index is 12.3. The van der Waals surface area contributed by atoms with Crippen molar-refractivity contribution in [1.82, 2.24) is 9.80 Å². The largest absolute Gasteiger partial charge is 0.346 e. The molecule has 1 aromatic carbocycles. The third-order valence-corrected chi connectivity index (χ3v) is 4.77. The third kappa shape index (κ3) is 6.98. The first kappa shape index (κ1) is 23.2. The van der Waals surface area contributed by atoms with Crippen molar-refractivity contribution in [1.29, 1.82) is 0 Å². The topological polar surface area (TPSA) is 49.6 Å². The van der Waals surface area contributed by atoms with Crippen LogP contribution in [0.25, 0.3) is 0 Å². The summed E-state index contributed by atoms with van der Waals surface area (Å²) in [5.41, 5.74) is 7.16. The molecule has 0 radical (unpaired) electrons. The van der Waals surface area contributed by atoms with E-state index >= 15 is 0 Å². The summed E-state index contributed by atoms with van der Waals surface area (Å²) in [6.45, 7) is 2.00. The number of carbonyl (C=O) groups is 1. The van der Waals surface area contributed by atoms with Crippen molar-refractivity contribution >= 4 is 30.7 Å². The van der Waals surface area contributed by atoms with Crippen molar-refractivity contribution in [2.75, 3.05) is 27.2 Å². The molecule has 1 saturated heterocycles. The van der Waals surface area contributed by atoms with Gasteiger partial charge in [-0.05, 0) is 38.4 Å². The van der Waals surface area contributed by atoms with Gasteiger partial charge in [-0.2, -0.15) is 0 Å². The minimum absolute atomic E-state index is 0. The molecule has 1 aromatic rings. The zero-order valence-corrected chi connectivity index (χ0v) is 16.3. The highest BCUT2D eigenvalue weighted by Crippen LogP contribution is 2.19. The van der Waals surface area contributed by atoms with Gasteiger partial charge in [0.05, 0.1) is 0 Å². The van der Waals surface area contributed by atoms with Crippen LogP contribution in [-0.4, -0.2) is 48.9 Å². The van der Waals surface area contributed by atoms with Crippen molar-refractivity contribution in [3.8, 4) is 0 Å². The van der Waals surface area contributed by atoms with Crippen LogP contribution in [0.3, 0.4) is 0 Å². The van der Waals surface area contributed by atoms with Gasteiger partial charge in [0.15, 0.2) is 0 Å². The maximum Gasteiger partial charge on any atom is 0.224 e. The van der Waals surface area contributed by atoms with Gasteiger partial charge >= 0.3 is 0 Å². The Bertz CT molecular complexity index is 473. The molecule has 6 heteroatoms. The average molecular weight is 376 g/mol. The SMILES string of the molecule is CN(CCC1CCCCN1C)C(=O)CC(N)c1ccccc1.Cl.Cl. The highest BCUT2D eigenvalue weighted by atomic mass is 35.5. The molecule has 1 aliphatic heterocycles. The van der Waals surface area contributed by atoms with Crippen LogP contribution in [0.4, 0.5) is 0 Å². The highest BCUT2D eigenvalue weighted by molar-refractivity contribution is 5.85. The van der Waals surface area contributed by atoms with Crippen LogP contribution in [0.5, 0.6) is 0 Å². The van der Waals surface area contributed by atoms with E-state index < -0.39 is 0 Å². The standard InChI is InChI=1S/C18H29N3O.2ClH/c1-20-12-7-6-10-16(20)11-13-21(2)18(22)14-17(19)15-8-4-3-5-9-15;;/h3-5,8-9,16-17H,6-7,10-14,19H2,1-2H3;2*1H. The molecule has 2 N–H and O–H groups in total. The van der Waals surface area contributed by atoms with E-state index in [4.69, 9.17) is 5.73 Å². The first-order valence-electron chi connectivity index (χ1n) is 8.32. The number of nitrogens with zero attached hydrogens (tertiary/aromatic N) is 2. The van der Waals surface area contributed by atoms with Gasteiger partial charge in [0.25, 0.3) is 0 Å². The van der Waals surface area contributed by atoms with Crippen molar-refractivity contribution in [2.24, 2.45) is 5.73 Å². The first-order valence-corrected chi connectivity index (χ1v) is 8.32. The monoisotopic (exact) mass is 375 g/mol. The molecule has 1 amide bonds. The van der Waals surface area contributed by atoms with Gasteiger partial charge in [-0.15, -0.1) is 24.8 Å². The van der Waals surface area contributed by atoms with E-state index in [2.05, 4.69) is 11.9 Å². The van der Waals surface area contributed by atoms with Crippen LogP contribution < -0.4 is 5.73 Å². The highest BCUT2D eigenvalue weighted by Gasteiger charge is 2.21. The average Bonchev–Trinajstić information content (AvgIpc) is 2.54. The molecule has 2 unspecified atom stereocenters. The van der Waals surface area contributed by atoms with Gasteiger partial charge in [-0.1, -0.05) is 36.8 Å². The molecule has 0 aliphatic carbocycles. The number of hydrogen-bond acceptors (Lipinski definition) is 3. The number of benzene rings is 1. The van der Waals surface area contributed by atoms with E-state index in [0.717, 1.165) is 18.5 Å². The fourth-order valence-electron chi connectivity index (χ4n) is 3.14. The van der Waals surface area contributed by atoms with Crippen molar-refractivity contribution in [2.45, 2.75) is 44.2 Å². The van der Waals surface area contributed by atoms with Crippen molar-refractivity contribution < 1.29 is 4.79 Å². The molecule has 1 fully saturated rings. The van der Waals surface area contributed by atoms with Crippen LogP contribution in [0.15, 0.2) is 30.3 Å². The lowest BCUT2D eigenvalue weighted by atomic mass is 10.00. The Hall–Kier alpha value is -0.810. The summed E-state index contributed by atoms with van der Waals surface area (Å²) < 4.78 is 0. The van der Waals surface area contributed by atoms with Gasteiger partial charge in [-0.3, -0.25) is 4.79 Å². The maximum atomic E-state index is 12.3. The lowest BCUT2D eigenvalue weighted by molar-refractivity contribution is -0.130. The van der Waals surface area contributed by atoms with Crippen LogP contribution in [-0.2, 0) is 4.79 Å². The second-order valence-electron chi connectivity index (χ2n) is 6.46. The number of amides is 1. The van der Waals surface area contributed by atoms with Crippen LogP contribution >= 0.6 is 24.8 Å². The molecule has 0 bridgehead atoms. The summed E-state index contributed by atoms with van der Waals surface area (Å²) in [5.74, 6) is 0.134. The molecular formula is C18H31Cl2N3O. The molecule has 1 heterocycles. The fourth-order valence-corrected chi connectivity index (χ4v) is 3.14. The van der Waals surface area contributed by atoms with Crippen LogP contribution in [0, 0.1) is 0 Å². The Balaban J connectivity index is 0.00000264. The molecule has 4 nitrogen and oxygen atoms in total. The van der Waals surface area contributed by atoms with E-state index in [1.165, 1.54) is 25.8 Å². The molecule has 0 saturated carbocycles. The molecule has 0 spiro atoms. The Morgan fingerprint density at radius 2 is 1.96 bits per heavy atom. The smallest absolute Gasteiger partial charge is 0.224 e. The van der Waals surface area contributed by atoms with Crippen molar-refractivity contribution in [3.63, 3.8) is 0 Å². The summed E-state index contributed by atoms with van der Waals surface area (Å²) in [5, 5.41) is 0. The van der Waals surface area contributed by atoms with Crippen molar-refractivity contribution in [3.05, 3.63) is 35.9 Å². The first-order chi connectivity index (χ1) is 10.6. The molecule has 1 aliphatic rings. The Morgan fingerprint density at radius 3 is 2.58 bits per heavy atom. The van der Waals surface area contributed by atoms with E-state index in [9.17, 15) is 4.79 Å². The second-order valence-corrected chi connectivity index (χ2v) is 6.46. The summed E-state index contributed by atoms with van der Waals surface area (Å²) in [4.78, 5) is 16.6. The van der Waals surface area contributed by atoms with E-state index in [-0.39, 0.29) is 36.8 Å². The zero-order valence-electron chi connectivity index (χ0n) is 14.7. The normalized spacial score (nSPS) is 18.9. The number of halogens is 2. The van der Waals surface area contributed by atoms with E-state index in [0.29, 0.717) is 12.5 Å². The Morgan fingerprint density at radius 1 is 1.29 bits per heavy atom. The predicted octanol–water partition coefficient (Wildman–Crippen LogP) is 3.25. The zero-order chi connectivity index (χ0) is 15.9. The quantitative estimate of drug-likeness (QED) is 0.829. The van der Waals surface area contributed by atoms with Gasteiger partial charge in [0.1, 0.15) is 0 Å². The second kappa shape index (κ2) is 11.7. The summed E-state index contributed by atoms with van der Waals surface area (Å²) in [6.07, 6.45) is 5.29. The minimum atomic E-state index is -0.214. The van der Waals surface area contributed by atoms with E-state index in [1.807, 2.05) is 42.3 Å². The lowest BCUT2D eigenvalue weighted by Crippen LogP contribution is -2.39. The van der Waals surface area contributed by atoms with Crippen LogP contribution in [0.1, 0.15) is 43.7 Å². The Labute approximate surface area is 158 Å². The predicted molar refractivity (Wildman–Crippen MR) is 105 cm³/mol. The number of rotatable bonds is 6. The molecule has 2 rings (SSSR count). The fraction of sp³-hybridized carbons (Fsp3) is 0.611. The number of likely N-dealkylation sites (tertiary alicyclic amines) is 1. The number of carbonyl (C=O) groups excluding carboxylic acids is 1. The third-order valence-electron chi connectivity index (χ3n) is 4.77. The minimum Gasteiger partial charge on any atom is -0.346 e. The van der Waals surface area contributed by atoms with E-state index in [1.54, 1.807) is 0 Å². The molecular weight excluding hydrogens is 345 g/mol. The Kier molecular flexibility index (Phi) is 11.3. The van der Waals surface area contributed by atoms with Gasteiger partial charge in [0, 0.05) is 32.1 Å². The van der Waals surface area contributed by atoms with Crippen LogP contribution in [0.2, 0.25) is 0 Å². The van der Waals surface area contributed by atoms with Gasteiger partial charge in [-0.25, -0.2) is 0 Å². The number of hydrogen-bond donors (Lipinski definition) is 1. The summed E-state index contributed by atoms with van der Waals surface area (Å²) in [6, 6.07) is 10.2. The molecule has 24 heavy (non-hydrogen) atoms. The molecule has 138 valence electrons. The number of nitrogens with two attached hydrogens (primary N) is 1. The molecule has 2 atom stereocenters.